The highest BCUT2D eigenvalue weighted by Gasteiger charge is 2.30. The van der Waals surface area contributed by atoms with Crippen LogP contribution in [0.2, 0.25) is 0 Å². The molecule has 0 aliphatic heterocycles. The third-order valence-electron chi connectivity index (χ3n) is 3.25. The van der Waals surface area contributed by atoms with Crippen molar-refractivity contribution in [3.63, 3.8) is 0 Å². The maximum atomic E-state index is 11.7. The minimum absolute atomic E-state index is 0.310. The van der Waals surface area contributed by atoms with Gasteiger partial charge in [-0.05, 0) is 19.8 Å². The molecule has 1 fully saturated rings. The average Bonchev–Trinajstić information content (AvgIpc) is 2.54. The number of hydrogen-bond acceptors (Lipinski definition) is 2. The van der Waals surface area contributed by atoms with E-state index in [1.54, 1.807) is 6.92 Å². The zero-order chi connectivity index (χ0) is 13.5. The van der Waals surface area contributed by atoms with Gasteiger partial charge in [-0.15, -0.1) is 6.42 Å². The Morgan fingerprint density at radius 2 is 2.00 bits per heavy atom. The van der Waals surface area contributed by atoms with Gasteiger partial charge in [0.05, 0.1) is 12.0 Å². The highest BCUT2D eigenvalue weighted by molar-refractivity contribution is 5.77. The Bertz CT molecular complexity index is 349. The van der Waals surface area contributed by atoms with Crippen molar-refractivity contribution < 1.29 is 14.7 Å². The molecule has 5 heteroatoms. The fourth-order valence-electron chi connectivity index (χ4n) is 2.22. The van der Waals surface area contributed by atoms with Crippen molar-refractivity contribution in [2.45, 2.75) is 51.1 Å². The van der Waals surface area contributed by atoms with Gasteiger partial charge in [-0.2, -0.15) is 0 Å². The van der Waals surface area contributed by atoms with Crippen molar-refractivity contribution in [2.75, 3.05) is 0 Å². The highest BCUT2D eigenvalue weighted by Crippen LogP contribution is 2.23. The van der Waals surface area contributed by atoms with Crippen LogP contribution >= 0.6 is 0 Å². The van der Waals surface area contributed by atoms with E-state index in [2.05, 4.69) is 16.6 Å². The summed E-state index contributed by atoms with van der Waals surface area (Å²) < 4.78 is 0. The van der Waals surface area contributed by atoms with E-state index in [9.17, 15) is 14.7 Å². The molecular weight excluding hydrogens is 232 g/mol. The Morgan fingerprint density at radius 1 is 1.33 bits per heavy atom. The number of carbonyl (C=O) groups is 2. The second kappa shape index (κ2) is 6.90. The summed E-state index contributed by atoms with van der Waals surface area (Å²) >= 11 is 0. The Hall–Kier alpha value is -1.70. The number of terminal acetylenes is 1. The molecule has 0 spiro atoms. The maximum absolute atomic E-state index is 11.7. The smallest absolute Gasteiger partial charge is 0.315 e. The van der Waals surface area contributed by atoms with E-state index in [-0.39, 0.29) is 12.1 Å². The van der Waals surface area contributed by atoms with Crippen LogP contribution in [0.25, 0.3) is 0 Å². The van der Waals surface area contributed by atoms with Gasteiger partial charge < -0.3 is 15.7 Å². The van der Waals surface area contributed by atoms with Crippen LogP contribution in [0.5, 0.6) is 0 Å². The topological polar surface area (TPSA) is 78.4 Å². The minimum Gasteiger partial charge on any atom is -0.481 e. The molecule has 3 atom stereocenters. The van der Waals surface area contributed by atoms with Crippen molar-refractivity contribution in [3.05, 3.63) is 0 Å². The number of amides is 2. The molecule has 2 amide bonds. The predicted octanol–water partition coefficient (Wildman–Crippen LogP) is 1.34. The van der Waals surface area contributed by atoms with Crippen LogP contribution in [0.15, 0.2) is 0 Å². The first-order chi connectivity index (χ1) is 8.54. The number of aliphatic carboxylic acids is 1. The number of rotatable bonds is 3. The Labute approximate surface area is 107 Å². The quantitative estimate of drug-likeness (QED) is 0.524. The summed E-state index contributed by atoms with van der Waals surface area (Å²) in [6, 6.07) is -1.06. The summed E-state index contributed by atoms with van der Waals surface area (Å²) in [4.78, 5) is 22.8. The van der Waals surface area contributed by atoms with E-state index in [4.69, 9.17) is 6.42 Å². The Balaban J connectivity index is 2.58. The van der Waals surface area contributed by atoms with Gasteiger partial charge in [0, 0.05) is 6.04 Å². The fraction of sp³-hybridized carbons (Fsp3) is 0.692. The number of carbonyl (C=O) groups excluding carboxylic acids is 1. The molecule has 0 radical (unpaired) electrons. The number of carboxylic acids is 1. The molecule has 5 nitrogen and oxygen atoms in total. The molecule has 1 rings (SSSR count). The largest absolute Gasteiger partial charge is 0.481 e. The van der Waals surface area contributed by atoms with E-state index in [0.717, 1.165) is 19.3 Å². The normalized spacial score (nSPS) is 25.3. The molecule has 0 saturated heterocycles. The molecule has 3 N–H and O–H groups in total. The molecule has 1 aliphatic carbocycles. The number of hydrogen-bond donors (Lipinski definition) is 3. The third-order valence-corrected chi connectivity index (χ3v) is 3.25. The van der Waals surface area contributed by atoms with Crippen molar-refractivity contribution in [1.82, 2.24) is 10.6 Å². The van der Waals surface area contributed by atoms with Crippen LogP contribution in [0.4, 0.5) is 4.79 Å². The van der Waals surface area contributed by atoms with E-state index in [1.807, 2.05) is 0 Å². The van der Waals surface area contributed by atoms with Crippen molar-refractivity contribution in [3.8, 4) is 12.3 Å². The maximum Gasteiger partial charge on any atom is 0.315 e. The van der Waals surface area contributed by atoms with Crippen LogP contribution in [0.1, 0.15) is 39.0 Å². The summed E-state index contributed by atoms with van der Waals surface area (Å²) in [5.41, 5.74) is 0. The highest BCUT2D eigenvalue weighted by atomic mass is 16.4. The van der Waals surface area contributed by atoms with E-state index < -0.39 is 17.9 Å². The zero-order valence-electron chi connectivity index (χ0n) is 10.6. The van der Waals surface area contributed by atoms with Crippen molar-refractivity contribution >= 4 is 12.0 Å². The van der Waals surface area contributed by atoms with Crippen LogP contribution < -0.4 is 10.6 Å². The van der Waals surface area contributed by atoms with Crippen LogP contribution in [-0.2, 0) is 4.79 Å². The SMILES string of the molecule is C#CC(C)NC(=O)NC1CCCCCC1C(=O)O. The second-order valence-electron chi connectivity index (χ2n) is 4.70. The molecule has 18 heavy (non-hydrogen) atoms. The van der Waals surface area contributed by atoms with Gasteiger partial charge in [-0.1, -0.05) is 25.2 Å². The molecule has 0 bridgehead atoms. The van der Waals surface area contributed by atoms with Crippen molar-refractivity contribution in [2.24, 2.45) is 5.92 Å². The minimum atomic E-state index is -0.841. The number of nitrogens with one attached hydrogen (secondary N) is 2. The molecule has 0 heterocycles. The average molecular weight is 252 g/mol. The first-order valence-electron chi connectivity index (χ1n) is 6.30. The summed E-state index contributed by atoms with van der Waals surface area (Å²) in [6.45, 7) is 1.70. The van der Waals surface area contributed by atoms with Gasteiger partial charge >= 0.3 is 12.0 Å². The lowest BCUT2D eigenvalue weighted by atomic mass is 9.95. The van der Waals surface area contributed by atoms with E-state index >= 15 is 0 Å². The first-order valence-corrected chi connectivity index (χ1v) is 6.30. The van der Waals surface area contributed by atoms with Gasteiger partial charge in [-0.25, -0.2) is 4.79 Å². The van der Waals surface area contributed by atoms with Gasteiger partial charge in [0.25, 0.3) is 0 Å². The number of carboxylic acid groups (broad SMARTS) is 1. The van der Waals surface area contributed by atoms with Gasteiger partial charge in [0.2, 0.25) is 0 Å². The molecule has 0 aromatic rings. The van der Waals surface area contributed by atoms with Crippen LogP contribution in [0, 0.1) is 18.3 Å². The molecule has 100 valence electrons. The summed E-state index contributed by atoms with van der Waals surface area (Å²) in [6.07, 6.45) is 9.35. The van der Waals surface area contributed by atoms with Crippen LogP contribution in [-0.4, -0.2) is 29.2 Å². The Morgan fingerprint density at radius 3 is 2.61 bits per heavy atom. The standard InChI is InChI=1S/C13H20N2O3/c1-3-9(2)14-13(18)15-11-8-6-4-5-7-10(11)12(16)17/h1,9-11H,4-8H2,2H3,(H,16,17)(H2,14,15,18). The zero-order valence-corrected chi connectivity index (χ0v) is 10.6. The van der Waals surface area contributed by atoms with Gasteiger partial charge in [0.1, 0.15) is 0 Å². The third kappa shape index (κ3) is 4.28. The van der Waals surface area contributed by atoms with Gasteiger partial charge in [0.15, 0.2) is 0 Å². The van der Waals surface area contributed by atoms with Gasteiger partial charge in [-0.3, -0.25) is 4.79 Å². The molecule has 1 saturated carbocycles. The summed E-state index contributed by atoms with van der Waals surface area (Å²) in [5, 5.41) is 14.5. The van der Waals surface area contributed by atoms with E-state index in [0.29, 0.717) is 12.8 Å². The Kier molecular flexibility index (Phi) is 5.50. The fourth-order valence-corrected chi connectivity index (χ4v) is 2.22. The first kappa shape index (κ1) is 14.4. The second-order valence-corrected chi connectivity index (χ2v) is 4.70. The molecular formula is C13H20N2O3. The molecule has 3 unspecified atom stereocenters. The molecule has 0 aromatic carbocycles. The summed E-state index contributed by atoms with van der Waals surface area (Å²) in [5.74, 6) is 1.05. The van der Waals surface area contributed by atoms with Crippen LogP contribution in [0.3, 0.4) is 0 Å². The monoisotopic (exact) mass is 252 g/mol. The summed E-state index contributed by atoms with van der Waals surface area (Å²) in [7, 11) is 0. The van der Waals surface area contributed by atoms with E-state index in [1.165, 1.54) is 0 Å². The number of urea groups is 1. The lowest BCUT2D eigenvalue weighted by molar-refractivity contribution is -0.142. The molecule has 1 aliphatic rings. The lowest BCUT2D eigenvalue weighted by Gasteiger charge is -2.23. The lowest BCUT2D eigenvalue weighted by Crippen LogP contribution is -2.49. The molecule has 0 aromatic heterocycles. The predicted molar refractivity (Wildman–Crippen MR) is 68.0 cm³/mol. The van der Waals surface area contributed by atoms with Crippen molar-refractivity contribution in [1.29, 1.82) is 0 Å².